The first-order chi connectivity index (χ1) is 7.43. The van der Waals surface area contributed by atoms with Crippen LogP contribution in [-0.2, 0) is 9.53 Å². The van der Waals surface area contributed by atoms with Crippen molar-refractivity contribution in [2.45, 2.75) is 13.8 Å². The molecule has 16 heavy (non-hydrogen) atoms. The lowest BCUT2D eigenvalue weighted by atomic mass is 10.2. The van der Waals surface area contributed by atoms with Crippen molar-refractivity contribution >= 4 is 5.97 Å². The number of nitrogens with zero attached hydrogens (tertiary/aromatic N) is 1. The van der Waals surface area contributed by atoms with Gasteiger partial charge in [0.2, 0.25) is 0 Å². The van der Waals surface area contributed by atoms with Gasteiger partial charge < -0.3 is 20.7 Å². The van der Waals surface area contributed by atoms with E-state index in [1.807, 2.05) is 20.9 Å². The molecule has 0 aliphatic heterocycles. The molecule has 5 nitrogen and oxygen atoms in total. The lowest BCUT2D eigenvalue weighted by molar-refractivity contribution is -0.899. The number of ether oxygens (including phenoxy) is 1. The SMILES string of the molecule is CC(C)COC(=O)C[N+](C)(CCN)CCN. The second kappa shape index (κ2) is 7.60. The number of hydrogen-bond acceptors (Lipinski definition) is 4. The van der Waals surface area contributed by atoms with Gasteiger partial charge in [-0.3, -0.25) is 0 Å². The minimum absolute atomic E-state index is 0.168. The van der Waals surface area contributed by atoms with E-state index in [1.165, 1.54) is 0 Å². The van der Waals surface area contributed by atoms with Crippen molar-refractivity contribution in [1.29, 1.82) is 0 Å². The fourth-order valence-electron chi connectivity index (χ4n) is 1.51. The quantitative estimate of drug-likeness (QED) is 0.439. The minimum Gasteiger partial charge on any atom is -0.461 e. The van der Waals surface area contributed by atoms with Gasteiger partial charge >= 0.3 is 5.97 Å². The van der Waals surface area contributed by atoms with Gasteiger partial charge in [-0.1, -0.05) is 13.8 Å². The normalized spacial score (nSPS) is 11.9. The van der Waals surface area contributed by atoms with Crippen LogP contribution in [0.25, 0.3) is 0 Å². The highest BCUT2D eigenvalue weighted by molar-refractivity contribution is 5.70. The summed E-state index contributed by atoms with van der Waals surface area (Å²) in [5, 5.41) is 0. The number of carbonyl (C=O) groups excluding carboxylic acids is 1. The zero-order valence-corrected chi connectivity index (χ0v) is 10.7. The van der Waals surface area contributed by atoms with Crippen molar-refractivity contribution in [3.05, 3.63) is 0 Å². The molecule has 0 aliphatic rings. The number of quaternary nitrogens is 1. The highest BCUT2D eigenvalue weighted by atomic mass is 16.5. The Bertz CT molecular complexity index is 201. The maximum atomic E-state index is 11.6. The highest BCUT2D eigenvalue weighted by Crippen LogP contribution is 2.02. The largest absolute Gasteiger partial charge is 0.461 e. The van der Waals surface area contributed by atoms with Crippen LogP contribution in [0.4, 0.5) is 0 Å². The number of hydrogen-bond donors (Lipinski definition) is 2. The molecular weight excluding hydrogens is 206 g/mol. The molecule has 0 spiro atoms. The molecule has 0 bridgehead atoms. The van der Waals surface area contributed by atoms with Crippen LogP contribution in [0, 0.1) is 5.92 Å². The first-order valence-corrected chi connectivity index (χ1v) is 5.83. The second-order valence-electron chi connectivity index (χ2n) is 4.88. The van der Waals surface area contributed by atoms with Gasteiger partial charge in [0.1, 0.15) is 0 Å². The average Bonchev–Trinajstić information content (AvgIpc) is 2.15. The summed E-state index contributed by atoms with van der Waals surface area (Å²) in [6, 6.07) is 0. The standard InChI is InChI=1S/C11H26N3O2/c1-10(2)9-16-11(15)8-14(3,6-4-12)7-5-13/h10H,4-9,12-13H2,1-3H3/q+1. The van der Waals surface area contributed by atoms with Crippen LogP contribution in [0.1, 0.15) is 13.8 Å². The molecule has 0 heterocycles. The molecule has 0 aromatic rings. The summed E-state index contributed by atoms with van der Waals surface area (Å²) >= 11 is 0. The Morgan fingerprint density at radius 2 is 1.75 bits per heavy atom. The second-order valence-corrected chi connectivity index (χ2v) is 4.88. The Kier molecular flexibility index (Phi) is 7.29. The minimum atomic E-state index is -0.168. The molecule has 5 heteroatoms. The monoisotopic (exact) mass is 232 g/mol. The van der Waals surface area contributed by atoms with Crippen LogP contribution < -0.4 is 11.5 Å². The van der Waals surface area contributed by atoms with Crippen LogP contribution in [0.2, 0.25) is 0 Å². The van der Waals surface area contributed by atoms with Crippen molar-refractivity contribution in [1.82, 2.24) is 0 Å². The molecule has 0 atom stereocenters. The Balaban J connectivity index is 4.12. The summed E-state index contributed by atoms with van der Waals surface area (Å²) in [7, 11) is 1.98. The third-order valence-corrected chi connectivity index (χ3v) is 2.43. The van der Waals surface area contributed by atoms with E-state index in [2.05, 4.69) is 0 Å². The first kappa shape index (κ1) is 15.3. The number of likely N-dealkylation sites (N-methyl/N-ethyl adjacent to an activating group) is 1. The van der Waals surface area contributed by atoms with E-state index in [0.717, 1.165) is 13.1 Å². The predicted octanol–water partition coefficient (Wildman–Crippen LogP) is -0.450. The van der Waals surface area contributed by atoms with Crippen molar-refractivity contribution in [3.8, 4) is 0 Å². The van der Waals surface area contributed by atoms with Crippen molar-refractivity contribution < 1.29 is 14.0 Å². The van der Waals surface area contributed by atoms with Crippen LogP contribution in [0.15, 0.2) is 0 Å². The number of nitrogens with two attached hydrogens (primary N) is 2. The Hall–Kier alpha value is -0.650. The fourth-order valence-corrected chi connectivity index (χ4v) is 1.51. The first-order valence-electron chi connectivity index (χ1n) is 5.83. The van der Waals surface area contributed by atoms with Crippen LogP contribution in [-0.4, -0.2) is 56.8 Å². The van der Waals surface area contributed by atoms with Crippen molar-refractivity contribution in [2.75, 3.05) is 46.4 Å². The predicted molar refractivity (Wildman–Crippen MR) is 64.7 cm³/mol. The van der Waals surface area contributed by atoms with E-state index in [9.17, 15) is 4.79 Å². The van der Waals surface area contributed by atoms with E-state index in [4.69, 9.17) is 16.2 Å². The molecule has 4 N–H and O–H groups in total. The highest BCUT2D eigenvalue weighted by Gasteiger charge is 2.24. The Morgan fingerprint density at radius 1 is 1.25 bits per heavy atom. The molecule has 0 amide bonds. The topological polar surface area (TPSA) is 78.3 Å². The summed E-state index contributed by atoms with van der Waals surface area (Å²) in [6.07, 6.45) is 0. The lowest BCUT2D eigenvalue weighted by Gasteiger charge is -2.32. The summed E-state index contributed by atoms with van der Waals surface area (Å²) in [5.74, 6) is 0.199. The molecule has 0 aromatic carbocycles. The molecule has 0 aliphatic carbocycles. The summed E-state index contributed by atoms with van der Waals surface area (Å²) in [4.78, 5) is 11.6. The Labute approximate surface area is 98.3 Å². The van der Waals surface area contributed by atoms with Gasteiger partial charge in [-0.2, -0.15) is 0 Å². The van der Waals surface area contributed by atoms with Gasteiger partial charge in [-0.15, -0.1) is 0 Å². The van der Waals surface area contributed by atoms with Crippen molar-refractivity contribution in [3.63, 3.8) is 0 Å². The van der Waals surface area contributed by atoms with Crippen LogP contribution in [0.5, 0.6) is 0 Å². The third kappa shape index (κ3) is 6.76. The molecule has 0 rings (SSSR count). The van der Waals surface area contributed by atoms with E-state index in [1.54, 1.807) is 0 Å². The molecule has 0 aromatic heterocycles. The van der Waals surface area contributed by atoms with E-state index in [-0.39, 0.29) is 5.97 Å². The fraction of sp³-hybridized carbons (Fsp3) is 0.909. The van der Waals surface area contributed by atoms with E-state index >= 15 is 0 Å². The molecule has 96 valence electrons. The average molecular weight is 232 g/mol. The van der Waals surface area contributed by atoms with Crippen LogP contribution in [0.3, 0.4) is 0 Å². The smallest absolute Gasteiger partial charge is 0.361 e. The van der Waals surface area contributed by atoms with Gasteiger partial charge in [0, 0.05) is 13.1 Å². The number of rotatable bonds is 8. The van der Waals surface area contributed by atoms with E-state index in [0.29, 0.717) is 36.6 Å². The molecule has 0 unspecified atom stereocenters. The van der Waals surface area contributed by atoms with Gasteiger partial charge in [-0.25, -0.2) is 4.79 Å². The molecule has 0 fully saturated rings. The maximum absolute atomic E-state index is 11.6. The molecular formula is C11H26N3O2+. The number of carbonyl (C=O) groups is 1. The maximum Gasteiger partial charge on any atom is 0.361 e. The lowest BCUT2D eigenvalue weighted by Crippen LogP contribution is -2.53. The molecule has 0 saturated heterocycles. The number of esters is 1. The molecule has 0 saturated carbocycles. The van der Waals surface area contributed by atoms with Gasteiger partial charge in [-0.05, 0) is 5.92 Å². The van der Waals surface area contributed by atoms with Crippen LogP contribution >= 0.6 is 0 Å². The summed E-state index contributed by atoms with van der Waals surface area (Å²) < 4.78 is 5.72. The summed E-state index contributed by atoms with van der Waals surface area (Å²) in [6.45, 7) is 7.44. The van der Waals surface area contributed by atoms with Gasteiger partial charge in [0.25, 0.3) is 0 Å². The Morgan fingerprint density at radius 3 is 2.12 bits per heavy atom. The zero-order chi connectivity index (χ0) is 12.6. The third-order valence-electron chi connectivity index (χ3n) is 2.43. The zero-order valence-electron chi connectivity index (χ0n) is 10.7. The van der Waals surface area contributed by atoms with Gasteiger partial charge in [0.15, 0.2) is 6.54 Å². The van der Waals surface area contributed by atoms with Crippen molar-refractivity contribution in [2.24, 2.45) is 17.4 Å². The van der Waals surface area contributed by atoms with Gasteiger partial charge in [0.05, 0.1) is 26.7 Å². The molecule has 0 radical (unpaired) electrons. The summed E-state index contributed by atoms with van der Waals surface area (Å²) in [5.41, 5.74) is 11.1. The van der Waals surface area contributed by atoms with E-state index < -0.39 is 0 Å².